The van der Waals surface area contributed by atoms with E-state index in [1.54, 1.807) is 6.21 Å². The summed E-state index contributed by atoms with van der Waals surface area (Å²) in [5.74, 6) is 1.46. The third-order valence-electron chi connectivity index (χ3n) is 3.25. The Hall–Kier alpha value is -2.82. The number of benzene rings is 2. The summed E-state index contributed by atoms with van der Waals surface area (Å²) in [6.07, 6.45) is 1.89. The zero-order valence-electron chi connectivity index (χ0n) is 13.5. The molecule has 0 saturated carbocycles. The van der Waals surface area contributed by atoms with E-state index in [2.05, 4.69) is 33.5 Å². The molecule has 0 aliphatic carbocycles. The molecule has 23 heavy (non-hydrogen) atoms. The van der Waals surface area contributed by atoms with E-state index in [1.165, 1.54) is 5.56 Å². The molecule has 5 heteroatoms. The van der Waals surface area contributed by atoms with Gasteiger partial charge in [0.2, 0.25) is 5.95 Å². The normalized spacial score (nSPS) is 11.5. The summed E-state index contributed by atoms with van der Waals surface area (Å²) in [4.78, 5) is 7.64. The van der Waals surface area contributed by atoms with Gasteiger partial charge in [-0.05, 0) is 56.2 Å². The van der Waals surface area contributed by atoms with Gasteiger partial charge in [0.15, 0.2) is 0 Å². The Morgan fingerprint density at radius 2 is 2.09 bits per heavy atom. The van der Waals surface area contributed by atoms with E-state index in [-0.39, 0.29) is 6.10 Å². The number of hydrogen-bond donors (Lipinski definition) is 2. The van der Waals surface area contributed by atoms with Gasteiger partial charge < -0.3 is 9.72 Å². The lowest BCUT2D eigenvalue weighted by molar-refractivity contribution is 0.242. The van der Waals surface area contributed by atoms with Gasteiger partial charge in [-0.15, -0.1) is 0 Å². The lowest BCUT2D eigenvalue weighted by atomic mass is 10.2. The zero-order valence-corrected chi connectivity index (χ0v) is 13.5. The fourth-order valence-electron chi connectivity index (χ4n) is 2.28. The Morgan fingerprint density at radius 1 is 1.22 bits per heavy atom. The molecule has 1 heterocycles. The molecule has 0 spiro atoms. The molecule has 2 aromatic carbocycles. The van der Waals surface area contributed by atoms with Crippen molar-refractivity contribution < 1.29 is 4.74 Å². The van der Waals surface area contributed by atoms with Crippen LogP contribution in [0.15, 0.2) is 47.6 Å². The number of hydrazone groups is 1. The molecule has 5 nitrogen and oxygen atoms in total. The number of fused-ring (bicyclic) bond motifs is 1. The Kier molecular flexibility index (Phi) is 4.28. The van der Waals surface area contributed by atoms with Crippen LogP contribution in [0.3, 0.4) is 0 Å². The molecule has 1 aromatic heterocycles. The number of rotatable bonds is 5. The summed E-state index contributed by atoms with van der Waals surface area (Å²) in [7, 11) is 0. The molecule has 3 rings (SSSR count). The maximum absolute atomic E-state index is 5.67. The van der Waals surface area contributed by atoms with Crippen LogP contribution in [0, 0.1) is 6.92 Å². The highest BCUT2D eigenvalue weighted by Crippen LogP contribution is 2.16. The summed E-state index contributed by atoms with van der Waals surface area (Å²) in [6, 6.07) is 13.9. The van der Waals surface area contributed by atoms with Crippen molar-refractivity contribution in [2.24, 2.45) is 5.10 Å². The van der Waals surface area contributed by atoms with Gasteiger partial charge in [-0.2, -0.15) is 5.10 Å². The Balaban J connectivity index is 1.70. The van der Waals surface area contributed by atoms with Crippen molar-refractivity contribution in [1.82, 2.24) is 9.97 Å². The summed E-state index contributed by atoms with van der Waals surface area (Å²) >= 11 is 0. The largest absolute Gasteiger partial charge is 0.491 e. The highest BCUT2D eigenvalue weighted by molar-refractivity contribution is 5.81. The van der Waals surface area contributed by atoms with Crippen molar-refractivity contribution in [3.63, 3.8) is 0 Å². The van der Waals surface area contributed by atoms with E-state index in [4.69, 9.17) is 4.74 Å². The van der Waals surface area contributed by atoms with E-state index >= 15 is 0 Å². The van der Waals surface area contributed by atoms with Crippen LogP contribution < -0.4 is 10.2 Å². The van der Waals surface area contributed by atoms with Crippen molar-refractivity contribution in [3.05, 3.63) is 53.6 Å². The number of aromatic nitrogens is 2. The van der Waals surface area contributed by atoms with Crippen LogP contribution in [-0.4, -0.2) is 22.3 Å². The third-order valence-corrected chi connectivity index (χ3v) is 3.25. The molecule has 0 atom stereocenters. The first kappa shape index (κ1) is 15.1. The highest BCUT2D eigenvalue weighted by Gasteiger charge is 2.01. The van der Waals surface area contributed by atoms with E-state index in [1.807, 2.05) is 50.2 Å². The Labute approximate surface area is 135 Å². The molecule has 0 unspecified atom stereocenters. The van der Waals surface area contributed by atoms with E-state index in [0.29, 0.717) is 5.95 Å². The van der Waals surface area contributed by atoms with Gasteiger partial charge in [-0.3, -0.25) is 0 Å². The van der Waals surface area contributed by atoms with Gasteiger partial charge in [0.05, 0.1) is 23.4 Å². The van der Waals surface area contributed by atoms with Crippen LogP contribution in [0.4, 0.5) is 5.95 Å². The third kappa shape index (κ3) is 3.88. The molecule has 118 valence electrons. The van der Waals surface area contributed by atoms with Crippen molar-refractivity contribution in [1.29, 1.82) is 0 Å². The van der Waals surface area contributed by atoms with Crippen molar-refractivity contribution >= 4 is 23.2 Å². The topological polar surface area (TPSA) is 62.3 Å². The molecule has 0 radical (unpaired) electrons. The van der Waals surface area contributed by atoms with E-state index in [0.717, 1.165) is 22.3 Å². The fourth-order valence-corrected chi connectivity index (χ4v) is 2.28. The summed E-state index contributed by atoms with van der Waals surface area (Å²) in [5, 5.41) is 4.23. The minimum absolute atomic E-state index is 0.152. The standard InChI is InChI=1S/C18H20N4O/c1-12(2)23-15-6-4-5-14(10-15)11-19-22-18-20-16-8-7-13(3)9-17(16)21-18/h4-12H,1-3H3,(H2,20,21,22)/b19-11-. The predicted molar refractivity (Wildman–Crippen MR) is 94.3 cm³/mol. The lowest BCUT2D eigenvalue weighted by Crippen LogP contribution is -2.05. The second-order valence-electron chi connectivity index (χ2n) is 5.72. The van der Waals surface area contributed by atoms with Gasteiger partial charge in [-0.25, -0.2) is 10.4 Å². The first-order chi connectivity index (χ1) is 11.1. The number of nitrogens with one attached hydrogen (secondary N) is 2. The maximum atomic E-state index is 5.67. The van der Waals surface area contributed by atoms with Gasteiger partial charge in [0.1, 0.15) is 5.75 Å². The van der Waals surface area contributed by atoms with Gasteiger partial charge in [0.25, 0.3) is 0 Å². The number of hydrogen-bond acceptors (Lipinski definition) is 4. The average molecular weight is 308 g/mol. The molecule has 0 aliphatic rings. The van der Waals surface area contributed by atoms with Crippen LogP contribution in [0.5, 0.6) is 5.75 Å². The van der Waals surface area contributed by atoms with Crippen molar-refractivity contribution in [2.75, 3.05) is 5.43 Å². The van der Waals surface area contributed by atoms with Crippen LogP contribution >= 0.6 is 0 Å². The molecular weight excluding hydrogens is 288 g/mol. The first-order valence-electron chi connectivity index (χ1n) is 7.62. The summed E-state index contributed by atoms with van der Waals surface area (Å²) in [6.45, 7) is 6.06. The number of aromatic amines is 1. The number of anilines is 1. The number of aryl methyl sites for hydroxylation is 1. The highest BCUT2D eigenvalue weighted by atomic mass is 16.5. The molecule has 3 aromatic rings. The van der Waals surface area contributed by atoms with Crippen LogP contribution in [-0.2, 0) is 0 Å². The van der Waals surface area contributed by atoms with Gasteiger partial charge in [0, 0.05) is 0 Å². The first-order valence-corrected chi connectivity index (χ1v) is 7.62. The second kappa shape index (κ2) is 6.52. The van der Waals surface area contributed by atoms with Crippen LogP contribution in [0.25, 0.3) is 11.0 Å². The SMILES string of the molecule is Cc1ccc2nc(N/N=C\c3cccc(OC(C)C)c3)[nH]c2c1. The average Bonchev–Trinajstić information content (AvgIpc) is 2.88. The zero-order chi connectivity index (χ0) is 16.2. The Morgan fingerprint density at radius 3 is 2.91 bits per heavy atom. The van der Waals surface area contributed by atoms with Gasteiger partial charge >= 0.3 is 0 Å². The molecule has 0 saturated heterocycles. The molecule has 0 amide bonds. The molecule has 2 N–H and O–H groups in total. The molecule has 0 bridgehead atoms. The minimum atomic E-state index is 0.152. The minimum Gasteiger partial charge on any atom is -0.491 e. The second-order valence-corrected chi connectivity index (χ2v) is 5.72. The van der Waals surface area contributed by atoms with Crippen molar-refractivity contribution in [2.45, 2.75) is 26.9 Å². The molecular formula is C18H20N4O. The number of imidazole rings is 1. The van der Waals surface area contributed by atoms with Crippen LogP contribution in [0.2, 0.25) is 0 Å². The maximum Gasteiger partial charge on any atom is 0.222 e. The quantitative estimate of drug-likeness (QED) is 0.551. The summed E-state index contributed by atoms with van der Waals surface area (Å²) < 4.78 is 5.67. The number of H-pyrrole nitrogens is 1. The molecule has 0 aliphatic heterocycles. The van der Waals surface area contributed by atoms with E-state index < -0.39 is 0 Å². The fraction of sp³-hybridized carbons (Fsp3) is 0.222. The van der Waals surface area contributed by atoms with Gasteiger partial charge in [-0.1, -0.05) is 18.2 Å². The van der Waals surface area contributed by atoms with Crippen molar-refractivity contribution in [3.8, 4) is 5.75 Å². The van der Waals surface area contributed by atoms with Crippen LogP contribution in [0.1, 0.15) is 25.0 Å². The predicted octanol–water partition coefficient (Wildman–Crippen LogP) is 4.10. The summed E-state index contributed by atoms with van der Waals surface area (Å²) in [5.41, 5.74) is 6.99. The molecule has 0 fully saturated rings. The van der Waals surface area contributed by atoms with E-state index in [9.17, 15) is 0 Å². The number of ether oxygens (including phenoxy) is 1. The smallest absolute Gasteiger partial charge is 0.222 e. The lowest BCUT2D eigenvalue weighted by Gasteiger charge is -2.09. The Bertz CT molecular complexity index is 836. The number of nitrogens with zero attached hydrogens (tertiary/aromatic N) is 2. The monoisotopic (exact) mass is 308 g/mol.